The van der Waals surface area contributed by atoms with E-state index in [0.717, 1.165) is 42.9 Å². The van der Waals surface area contributed by atoms with Gasteiger partial charge in [0.15, 0.2) is 0 Å². The first-order chi connectivity index (χ1) is 11.0. The molecule has 0 saturated carbocycles. The lowest BCUT2D eigenvalue weighted by Crippen LogP contribution is -2.31. The Morgan fingerprint density at radius 1 is 1.43 bits per heavy atom. The van der Waals surface area contributed by atoms with Crippen LogP contribution in [0.1, 0.15) is 28.2 Å². The Balaban J connectivity index is 1.74. The number of hydrogen-bond acceptors (Lipinski definition) is 4. The van der Waals surface area contributed by atoms with Gasteiger partial charge < -0.3 is 14.2 Å². The summed E-state index contributed by atoms with van der Waals surface area (Å²) in [5, 5.41) is 4.40. The van der Waals surface area contributed by atoms with E-state index in [-0.39, 0.29) is 5.91 Å². The average Bonchev–Trinajstić information content (AvgIpc) is 3.14. The highest BCUT2D eigenvalue weighted by Gasteiger charge is 2.27. The molecule has 0 N–H and O–H groups in total. The Bertz CT molecular complexity index is 660. The molecule has 3 heterocycles. The molecular formula is C17H24N4O2. The van der Waals surface area contributed by atoms with Gasteiger partial charge in [-0.3, -0.25) is 9.48 Å². The predicted octanol–water partition coefficient (Wildman–Crippen LogP) is 1.87. The monoisotopic (exact) mass is 316 g/mol. The van der Waals surface area contributed by atoms with Crippen LogP contribution in [-0.2, 0) is 19.5 Å². The standard InChI is InChI=1S/C17H24N4O2/c1-19(2)11-13-6-7-21-16(9-13)15(10-18-21)17(22)20(3)12-14-5-4-8-23-14/h4-5,8,10,13H,6-7,9,11-12H2,1-3H3/t13-/m1/s1. The number of furan rings is 1. The smallest absolute Gasteiger partial charge is 0.257 e. The first-order valence-electron chi connectivity index (χ1n) is 8.02. The fraction of sp³-hybridized carbons (Fsp3) is 0.529. The van der Waals surface area contributed by atoms with Gasteiger partial charge in [-0.15, -0.1) is 0 Å². The molecule has 124 valence electrons. The van der Waals surface area contributed by atoms with Crippen LogP contribution in [0, 0.1) is 5.92 Å². The number of carbonyl (C=O) groups is 1. The molecule has 6 nitrogen and oxygen atoms in total. The molecule has 0 aromatic carbocycles. The summed E-state index contributed by atoms with van der Waals surface area (Å²) in [5.74, 6) is 1.37. The van der Waals surface area contributed by atoms with Gasteiger partial charge >= 0.3 is 0 Å². The quantitative estimate of drug-likeness (QED) is 0.845. The fourth-order valence-electron chi connectivity index (χ4n) is 3.26. The van der Waals surface area contributed by atoms with E-state index in [1.54, 1.807) is 24.4 Å². The molecule has 1 atom stereocenters. The number of nitrogens with zero attached hydrogens (tertiary/aromatic N) is 4. The van der Waals surface area contributed by atoms with E-state index >= 15 is 0 Å². The van der Waals surface area contributed by atoms with Gasteiger partial charge in [-0.05, 0) is 45.0 Å². The van der Waals surface area contributed by atoms with Crippen molar-refractivity contribution < 1.29 is 9.21 Å². The Labute approximate surface area is 136 Å². The van der Waals surface area contributed by atoms with Crippen molar-refractivity contribution in [2.24, 2.45) is 5.92 Å². The van der Waals surface area contributed by atoms with Crippen molar-refractivity contribution in [1.82, 2.24) is 19.6 Å². The molecule has 0 fully saturated rings. The first kappa shape index (κ1) is 15.8. The molecule has 0 unspecified atom stereocenters. The van der Waals surface area contributed by atoms with E-state index in [1.807, 2.05) is 16.8 Å². The summed E-state index contributed by atoms with van der Waals surface area (Å²) in [5.41, 5.74) is 1.79. The van der Waals surface area contributed by atoms with Crippen LogP contribution in [0.15, 0.2) is 29.0 Å². The van der Waals surface area contributed by atoms with Gasteiger partial charge in [-0.1, -0.05) is 0 Å². The van der Waals surface area contributed by atoms with E-state index in [0.29, 0.717) is 12.5 Å². The molecule has 0 saturated heterocycles. The Morgan fingerprint density at radius 3 is 2.96 bits per heavy atom. The van der Waals surface area contributed by atoms with Crippen LogP contribution in [0.4, 0.5) is 0 Å². The highest BCUT2D eigenvalue weighted by Crippen LogP contribution is 2.24. The summed E-state index contributed by atoms with van der Waals surface area (Å²) in [7, 11) is 5.99. The highest BCUT2D eigenvalue weighted by atomic mass is 16.3. The summed E-state index contributed by atoms with van der Waals surface area (Å²) in [6.07, 6.45) is 5.37. The maximum atomic E-state index is 12.8. The van der Waals surface area contributed by atoms with Gasteiger partial charge in [0.05, 0.1) is 30.3 Å². The second kappa shape index (κ2) is 6.58. The van der Waals surface area contributed by atoms with Crippen molar-refractivity contribution in [3.63, 3.8) is 0 Å². The van der Waals surface area contributed by atoms with Gasteiger partial charge in [-0.2, -0.15) is 5.10 Å². The molecule has 0 aliphatic carbocycles. The Morgan fingerprint density at radius 2 is 2.26 bits per heavy atom. The average molecular weight is 316 g/mol. The van der Waals surface area contributed by atoms with Gasteiger partial charge in [0.1, 0.15) is 5.76 Å². The van der Waals surface area contributed by atoms with E-state index in [1.165, 1.54) is 0 Å². The normalized spacial score (nSPS) is 17.3. The lowest BCUT2D eigenvalue weighted by Gasteiger charge is -2.27. The summed E-state index contributed by atoms with van der Waals surface area (Å²) in [6.45, 7) is 2.40. The molecule has 6 heteroatoms. The first-order valence-corrected chi connectivity index (χ1v) is 8.02. The number of amides is 1. The molecule has 3 rings (SSSR count). The maximum Gasteiger partial charge on any atom is 0.257 e. The van der Waals surface area contributed by atoms with Gasteiger partial charge in [0, 0.05) is 20.1 Å². The van der Waals surface area contributed by atoms with Crippen LogP contribution >= 0.6 is 0 Å². The van der Waals surface area contributed by atoms with Crippen LogP contribution < -0.4 is 0 Å². The molecule has 0 spiro atoms. The van der Waals surface area contributed by atoms with Crippen molar-refractivity contribution >= 4 is 5.91 Å². The second-order valence-electron chi connectivity index (χ2n) is 6.59. The number of rotatable bonds is 5. The van der Waals surface area contributed by atoms with E-state index in [2.05, 4.69) is 24.1 Å². The highest BCUT2D eigenvalue weighted by molar-refractivity contribution is 5.95. The molecule has 2 aromatic heterocycles. The van der Waals surface area contributed by atoms with Gasteiger partial charge in [0.25, 0.3) is 5.91 Å². The lowest BCUT2D eigenvalue weighted by molar-refractivity contribution is 0.0773. The van der Waals surface area contributed by atoms with E-state index < -0.39 is 0 Å². The van der Waals surface area contributed by atoms with Crippen LogP contribution in [0.5, 0.6) is 0 Å². The molecule has 0 radical (unpaired) electrons. The number of aromatic nitrogens is 2. The zero-order valence-electron chi connectivity index (χ0n) is 14.0. The summed E-state index contributed by atoms with van der Waals surface area (Å²) >= 11 is 0. The molecule has 2 aromatic rings. The predicted molar refractivity (Wildman–Crippen MR) is 87.1 cm³/mol. The zero-order valence-corrected chi connectivity index (χ0v) is 14.0. The number of aryl methyl sites for hydroxylation is 1. The SMILES string of the molecule is CN(C)C[C@@H]1CCn2ncc(C(=O)N(C)Cc3ccco3)c2C1. The third-order valence-electron chi connectivity index (χ3n) is 4.35. The molecule has 1 amide bonds. The van der Waals surface area contributed by atoms with Crippen molar-refractivity contribution in [3.05, 3.63) is 41.6 Å². The van der Waals surface area contributed by atoms with Crippen molar-refractivity contribution in [2.75, 3.05) is 27.7 Å². The number of carbonyl (C=O) groups excluding carboxylic acids is 1. The minimum absolute atomic E-state index is 0.00755. The summed E-state index contributed by atoms with van der Waals surface area (Å²) in [6, 6.07) is 3.71. The molecule has 23 heavy (non-hydrogen) atoms. The third kappa shape index (κ3) is 3.47. The molecule has 1 aliphatic rings. The van der Waals surface area contributed by atoms with Crippen LogP contribution in [0.2, 0.25) is 0 Å². The number of fused-ring (bicyclic) bond motifs is 1. The fourth-order valence-corrected chi connectivity index (χ4v) is 3.26. The minimum Gasteiger partial charge on any atom is -0.467 e. The maximum absolute atomic E-state index is 12.8. The van der Waals surface area contributed by atoms with E-state index in [9.17, 15) is 4.79 Å². The minimum atomic E-state index is 0.00755. The topological polar surface area (TPSA) is 54.5 Å². The largest absolute Gasteiger partial charge is 0.467 e. The zero-order chi connectivity index (χ0) is 16.4. The Hall–Kier alpha value is -2.08. The van der Waals surface area contributed by atoms with Crippen LogP contribution in [0.3, 0.4) is 0 Å². The number of hydrogen-bond donors (Lipinski definition) is 0. The van der Waals surface area contributed by atoms with Gasteiger partial charge in [0.2, 0.25) is 0 Å². The Kier molecular flexibility index (Phi) is 4.52. The van der Waals surface area contributed by atoms with Crippen molar-refractivity contribution in [1.29, 1.82) is 0 Å². The van der Waals surface area contributed by atoms with Crippen LogP contribution in [-0.4, -0.2) is 53.2 Å². The van der Waals surface area contributed by atoms with Gasteiger partial charge in [-0.25, -0.2) is 0 Å². The summed E-state index contributed by atoms with van der Waals surface area (Å²) < 4.78 is 7.31. The van der Waals surface area contributed by atoms with E-state index in [4.69, 9.17) is 4.42 Å². The van der Waals surface area contributed by atoms with Crippen molar-refractivity contribution in [3.8, 4) is 0 Å². The lowest BCUT2D eigenvalue weighted by atomic mass is 9.94. The van der Waals surface area contributed by atoms with Crippen LogP contribution in [0.25, 0.3) is 0 Å². The second-order valence-corrected chi connectivity index (χ2v) is 6.59. The molecular weight excluding hydrogens is 292 g/mol. The molecule has 0 bridgehead atoms. The third-order valence-corrected chi connectivity index (χ3v) is 4.35. The summed E-state index contributed by atoms with van der Waals surface area (Å²) in [4.78, 5) is 16.6. The molecule has 1 aliphatic heterocycles. The van der Waals surface area contributed by atoms with Crippen molar-refractivity contribution in [2.45, 2.75) is 25.9 Å².